The lowest BCUT2D eigenvalue weighted by Gasteiger charge is -2.35. The van der Waals surface area contributed by atoms with Crippen LogP contribution in [0, 0.1) is 5.41 Å². The molecule has 2 unspecified atom stereocenters. The molecule has 1 saturated heterocycles. The van der Waals surface area contributed by atoms with Crippen molar-refractivity contribution in [3.63, 3.8) is 0 Å². The summed E-state index contributed by atoms with van der Waals surface area (Å²) in [6.07, 6.45) is 1.37. The van der Waals surface area contributed by atoms with Gasteiger partial charge in [-0.25, -0.2) is 0 Å². The molecule has 5 heteroatoms. The zero-order valence-corrected chi connectivity index (χ0v) is 12.6. The van der Waals surface area contributed by atoms with Gasteiger partial charge in [0, 0.05) is 32.8 Å². The van der Waals surface area contributed by atoms with Crippen LogP contribution in [0.1, 0.15) is 27.2 Å². The number of morpholine rings is 1. The number of aliphatic imine (C=N–C) groups is 1. The third-order valence-corrected chi connectivity index (χ3v) is 3.92. The molecule has 0 aromatic rings. The predicted molar refractivity (Wildman–Crippen MR) is 76.5 cm³/mol. The number of hydrogen-bond donors (Lipinski definition) is 1. The van der Waals surface area contributed by atoms with Crippen molar-refractivity contribution in [1.29, 1.82) is 0 Å². The van der Waals surface area contributed by atoms with Crippen LogP contribution in [-0.2, 0) is 9.47 Å². The quantitative estimate of drug-likeness (QED) is 0.613. The van der Waals surface area contributed by atoms with E-state index in [1.807, 2.05) is 0 Å². The Morgan fingerprint density at radius 1 is 1.53 bits per heavy atom. The molecule has 110 valence electrons. The molecule has 0 radical (unpaired) electrons. The van der Waals surface area contributed by atoms with Crippen molar-refractivity contribution in [2.45, 2.75) is 39.3 Å². The van der Waals surface area contributed by atoms with E-state index < -0.39 is 0 Å². The fourth-order valence-corrected chi connectivity index (χ4v) is 2.45. The molecular formula is C14H27N3O2. The largest absolute Gasteiger partial charge is 0.382 e. The maximum atomic E-state index is 5.69. The van der Waals surface area contributed by atoms with E-state index in [-0.39, 0.29) is 6.10 Å². The second-order valence-corrected chi connectivity index (χ2v) is 6.08. The summed E-state index contributed by atoms with van der Waals surface area (Å²) in [5.41, 5.74) is 0.409. The van der Waals surface area contributed by atoms with Gasteiger partial charge in [-0.05, 0) is 18.8 Å². The molecule has 1 aliphatic heterocycles. The number of methoxy groups -OCH3 is 1. The first-order valence-electron chi connectivity index (χ1n) is 7.23. The molecule has 2 atom stereocenters. The minimum atomic E-state index is 0.148. The first kappa shape index (κ1) is 14.6. The summed E-state index contributed by atoms with van der Waals surface area (Å²) in [5.74, 6) is 1.03. The lowest BCUT2D eigenvalue weighted by molar-refractivity contribution is -0.0448. The molecule has 19 heavy (non-hydrogen) atoms. The van der Waals surface area contributed by atoms with Crippen LogP contribution in [0.25, 0.3) is 0 Å². The molecule has 5 nitrogen and oxygen atoms in total. The lowest BCUT2D eigenvalue weighted by atomic mass is 10.2. The topological polar surface area (TPSA) is 46.1 Å². The number of guanidine groups is 1. The highest BCUT2D eigenvalue weighted by Crippen LogP contribution is 2.44. The van der Waals surface area contributed by atoms with Crippen LogP contribution < -0.4 is 5.32 Å². The van der Waals surface area contributed by atoms with Crippen LogP contribution in [0.4, 0.5) is 0 Å². The Morgan fingerprint density at radius 3 is 2.84 bits per heavy atom. The summed E-state index contributed by atoms with van der Waals surface area (Å²) in [4.78, 5) is 6.92. The highest BCUT2D eigenvalue weighted by atomic mass is 16.5. The zero-order chi connectivity index (χ0) is 13.9. The van der Waals surface area contributed by atoms with Crippen molar-refractivity contribution >= 4 is 5.96 Å². The first-order chi connectivity index (χ1) is 9.06. The van der Waals surface area contributed by atoms with Gasteiger partial charge in [-0.3, -0.25) is 4.99 Å². The first-order valence-corrected chi connectivity index (χ1v) is 7.23. The van der Waals surface area contributed by atoms with Crippen LogP contribution in [-0.4, -0.2) is 63.0 Å². The monoisotopic (exact) mass is 269 g/mol. The second-order valence-electron chi connectivity index (χ2n) is 6.08. The van der Waals surface area contributed by atoms with Gasteiger partial charge in [-0.1, -0.05) is 13.8 Å². The number of ether oxygens (including phenoxy) is 2. The van der Waals surface area contributed by atoms with Gasteiger partial charge in [0.15, 0.2) is 5.96 Å². The maximum Gasteiger partial charge on any atom is 0.194 e. The third kappa shape index (κ3) is 3.83. The summed E-state index contributed by atoms with van der Waals surface area (Å²) < 4.78 is 10.9. The predicted octanol–water partition coefficient (Wildman–Crippen LogP) is 1.10. The summed E-state index contributed by atoms with van der Waals surface area (Å²) in [7, 11) is 1.72. The fourth-order valence-electron chi connectivity index (χ4n) is 2.45. The average molecular weight is 269 g/mol. The van der Waals surface area contributed by atoms with Crippen LogP contribution in [0.2, 0.25) is 0 Å². The number of hydrogen-bond acceptors (Lipinski definition) is 3. The van der Waals surface area contributed by atoms with E-state index in [0.29, 0.717) is 18.1 Å². The van der Waals surface area contributed by atoms with Gasteiger partial charge < -0.3 is 19.7 Å². The second kappa shape index (κ2) is 6.09. The number of nitrogens with zero attached hydrogens (tertiary/aromatic N) is 2. The van der Waals surface area contributed by atoms with E-state index in [1.165, 1.54) is 6.42 Å². The molecule has 2 rings (SSSR count). The van der Waals surface area contributed by atoms with E-state index in [0.717, 1.165) is 32.2 Å². The van der Waals surface area contributed by atoms with Gasteiger partial charge in [-0.2, -0.15) is 0 Å². The molecule has 2 fully saturated rings. The van der Waals surface area contributed by atoms with Crippen LogP contribution >= 0.6 is 0 Å². The molecule has 1 aliphatic carbocycles. The van der Waals surface area contributed by atoms with Gasteiger partial charge in [0.25, 0.3) is 0 Å². The SMILES string of the molecule is CCN=C(NC1CC1(C)C)N1CCOC(COC)C1. The van der Waals surface area contributed by atoms with E-state index in [1.54, 1.807) is 7.11 Å². The highest BCUT2D eigenvalue weighted by molar-refractivity contribution is 5.81. The molecule has 1 saturated carbocycles. The number of nitrogens with one attached hydrogen (secondary N) is 1. The average Bonchev–Trinajstić information content (AvgIpc) is 2.97. The molecule has 0 aromatic carbocycles. The Balaban J connectivity index is 1.93. The van der Waals surface area contributed by atoms with Crippen molar-refractivity contribution in [3.8, 4) is 0 Å². The Labute approximate surface area is 116 Å². The van der Waals surface area contributed by atoms with Gasteiger partial charge >= 0.3 is 0 Å². The highest BCUT2D eigenvalue weighted by Gasteiger charge is 2.46. The van der Waals surface area contributed by atoms with Crippen molar-refractivity contribution in [2.24, 2.45) is 10.4 Å². The van der Waals surface area contributed by atoms with Crippen LogP contribution in [0.15, 0.2) is 4.99 Å². The summed E-state index contributed by atoms with van der Waals surface area (Å²) in [5, 5.41) is 3.59. The maximum absolute atomic E-state index is 5.69. The smallest absolute Gasteiger partial charge is 0.194 e. The lowest BCUT2D eigenvalue weighted by Crippen LogP contribution is -2.52. The molecule has 0 bridgehead atoms. The molecule has 0 amide bonds. The van der Waals surface area contributed by atoms with Crippen molar-refractivity contribution in [2.75, 3.05) is 40.0 Å². The van der Waals surface area contributed by atoms with Gasteiger partial charge in [0.1, 0.15) is 0 Å². The van der Waals surface area contributed by atoms with Gasteiger partial charge in [-0.15, -0.1) is 0 Å². The molecule has 0 aromatic heterocycles. The van der Waals surface area contributed by atoms with E-state index >= 15 is 0 Å². The molecular weight excluding hydrogens is 242 g/mol. The van der Waals surface area contributed by atoms with Crippen molar-refractivity contribution in [1.82, 2.24) is 10.2 Å². The standard InChI is InChI=1S/C14H27N3O2/c1-5-15-13(16-12-8-14(12,2)3)17-6-7-19-11(9-17)10-18-4/h11-12H,5-10H2,1-4H3,(H,15,16). The molecule has 0 spiro atoms. The minimum absolute atomic E-state index is 0.148. The molecule has 1 heterocycles. The molecule has 1 N–H and O–H groups in total. The summed E-state index contributed by atoms with van der Waals surface area (Å²) >= 11 is 0. The zero-order valence-electron chi connectivity index (χ0n) is 12.6. The van der Waals surface area contributed by atoms with E-state index in [4.69, 9.17) is 9.47 Å². The Morgan fingerprint density at radius 2 is 2.26 bits per heavy atom. The normalized spacial score (nSPS) is 30.3. The fraction of sp³-hybridized carbons (Fsp3) is 0.929. The summed E-state index contributed by atoms with van der Waals surface area (Å²) in [6, 6.07) is 0.557. The number of rotatable bonds is 4. The van der Waals surface area contributed by atoms with E-state index in [2.05, 4.69) is 36.0 Å². The summed E-state index contributed by atoms with van der Waals surface area (Å²) in [6.45, 7) is 10.6. The van der Waals surface area contributed by atoms with E-state index in [9.17, 15) is 0 Å². The Bertz CT molecular complexity index is 329. The van der Waals surface area contributed by atoms with Crippen LogP contribution in [0.5, 0.6) is 0 Å². The minimum Gasteiger partial charge on any atom is -0.382 e. The van der Waals surface area contributed by atoms with Gasteiger partial charge in [0.2, 0.25) is 0 Å². The third-order valence-electron chi connectivity index (χ3n) is 3.92. The van der Waals surface area contributed by atoms with Crippen molar-refractivity contribution < 1.29 is 9.47 Å². The van der Waals surface area contributed by atoms with Gasteiger partial charge in [0.05, 0.1) is 19.3 Å². The van der Waals surface area contributed by atoms with Crippen LogP contribution in [0.3, 0.4) is 0 Å². The Hall–Kier alpha value is -0.810. The Kier molecular flexibility index (Phi) is 4.68. The van der Waals surface area contributed by atoms with Crippen molar-refractivity contribution in [3.05, 3.63) is 0 Å². The molecule has 2 aliphatic rings.